The Bertz CT molecular complexity index is 818. The quantitative estimate of drug-likeness (QED) is 0.619. The average molecular weight is 402 g/mol. The summed E-state index contributed by atoms with van der Waals surface area (Å²) in [5, 5.41) is 4.43. The fraction of sp³-hybridized carbons (Fsp3) is 0.133. The van der Waals surface area contributed by atoms with Gasteiger partial charge in [-0.05, 0) is 38.1 Å². The zero-order valence-electron chi connectivity index (χ0n) is 12.0. The van der Waals surface area contributed by atoms with Crippen molar-refractivity contribution in [3.05, 3.63) is 63.1 Å². The first-order chi connectivity index (χ1) is 10.3. The van der Waals surface area contributed by atoms with Gasteiger partial charge in [-0.2, -0.15) is 18.4 Å². The lowest BCUT2D eigenvalue weighted by Crippen LogP contribution is -2.20. The van der Waals surface area contributed by atoms with E-state index >= 15 is 0 Å². The summed E-state index contributed by atoms with van der Waals surface area (Å²) in [6.45, 7) is 3.58. The van der Waals surface area contributed by atoms with E-state index in [9.17, 15) is 8.42 Å². The first-order valence-electron chi connectivity index (χ1n) is 6.38. The third kappa shape index (κ3) is 4.09. The number of hydrogen-bond acceptors (Lipinski definition) is 3. The first-order valence-corrected chi connectivity index (χ1v) is 9.03. The number of benzene rings is 2. The summed E-state index contributed by atoms with van der Waals surface area (Å²) in [6, 6.07) is 11.8. The van der Waals surface area contributed by atoms with Crippen LogP contribution in [-0.2, 0) is 10.0 Å². The lowest BCUT2D eigenvalue weighted by atomic mass is 10.1. The average Bonchev–Trinajstić information content (AvgIpc) is 2.45. The van der Waals surface area contributed by atoms with Gasteiger partial charge in [-0.25, -0.2) is 0 Å². The number of hydrazone groups is 1. The van der Waals surface area contributed by atoms with Gasteiger partial charge in [-0.1, -0.05) is 51.3 Å². The fourth-order valence-electron chi connectivity index (χ4n) is 1.74. The van der Waals surface area contributed by atoms with E-state index < -0.39 is 10.0 Å². The Balaban J connectivity index is 2.24. The summed E-state index contributed by atoms with van der Waals surface area (Å²) < 4.78 is 25.2. The van der Waals surface area contributed by atoms with Crippen molar-refractivity contribution in [3.8, 4) is 0 Å². The number of sulfonamides is 1. The molecular formula is C15H14BrClN2O2S. The van der Waals surface area contributed by atoms with Crippen LogP contribution in [0.5, 0.6) is 0 Å². The molecule has 0 saturated carbocycles. The maximum atomic E-state index is 12.2. The number of halogens is 2. The molecule has 0 heterocycles. The summed E-state index contributed by atoms with van der Waals surface area (Å²) in [4.78, 5) is 2.39. The zero-order valence-corrected chi connectivity index (χ0v) is 15.1. The Morgan fingerprint density at radius 1 is 1.18 bits per heavy atom. The normalized spacial score (nSPS) is 12.3. The molecule has 0 radical (unpaired) electrons. The number of aryl methyl sites for hydroxylation is 1. The van der Waals surface area contributed by atoms with Crippen LogP contribution in [0.2, 0.25) is 5.02 Å². The van der Waals surface area contributed by atoms with E-state index in [1.54, 1.807) is 31.2 Å². The molecule has 22 heavy (non-hydrogen) atoms. The van der Waals surface area contributed by atoms with Crippen LogP contribution in [0.3, 0.4) is 0 Å². The number of rotatable bonds is 4. The smallest absolute Gasteiger partial charge is 0.200 e. The molecule has 2 aromatic carbocycles. The summed E-state index contributed by atoms with van der Waals surface area (Å²) in [5.41, 5.74) is 2.13. The predicted octanol–water partition coefficient (Wildman–Crippen LogP) is 4.11. The van der Waals surface area contributed by atoms with Crippen LogP contribution in [0.1, 0.15) is 18.1 Å². The molecule has 0 atom stereocenters. The Morgan fingerprint density at radius 3 is 2.41 bits per heavy atom. The van der Waals surface area contributed by atoms with Gasteiger partial charge in [0.2, 0.25) is 0 Å². The standard InChI is InChI=1S/C15H14BrClN2O2S/c1-10-3-6-13(7-4-10)22(20,21)19-18-11(2)14-8-5-12(16)9-15(14)17/h3-9,19H,1-2H3. The van der Waals surface area contributed by atoms with Crippen molar-refractivity contribution in [1.29, 1.82) is 0 Å². The van der Waals surface area contributed by atoms with Crippen molar-refractivity contribution in [2.75, 3.05) is 0 Å². The molecule has 0 amide bonds. The van der Waals surface area contributed by atoms with E-state index in [0.717, 1.165) is 10.0 Å². The minimum Gasteiger partial charge on any atom is -0.200 e. The van der Waals surface area contributed by atoms with Crippen molar-refractivity contribution < 1.29 is 8.42 Å². The van der Waals surface area contributed by atoms with Crippen molar-refractivity contribution in [2.24, 2.45) is 5.10 Å². The lowest BCUT2D eigenvalue weighted by molar-refractivity contribution is 0.584. The molecule has 2 aromatic rings. The van der Waals surface area contributed by atoms with Gasteiger partial charge in [-0.3, -0.25) is 0 Å². The van der Waals surface area contributed by atoms with Crippen LogP contribution in [0.4, 0.5) is 0 Å². The van der Waals surface area contributed by atoms with Crippen molar-refractivity contribution in [1.82, 2.24) is 4.83 Å². The van der Waals surface area contributed by atoms with Gasteiger partial charge in [0.15, 0.2) is 0 Å². The molecule has 1 N–H and O–H groups in total. The van der Waals surface area contributed by atoms with Gasteiger partial charge in [-0.15, -0.1) is 0 Å². The molecule has 0 bridgehead atoms. The second kappa shape index (κ2) is 6.81. The zero-order chi connectivity index (χ0) is 16.3. The van der Waals surface area contributed by atoms with Crippen molar-refractivity contribution >= 4 is 43.3 Å². The summed E-state index contributed by atoms with van der Waals surface area (Å²) in [7, 11) is -3.69. The van der Waals surface area contributed by atoms with Crippen LogP contribution in [0.15, 0.2) is 56.9 Å². The predicted molar refractivity (Wildman–Crippen MR) is 92.9 cm³/mol. The minimum absolute atomic E-state index is 0.163. The molecule has 4 nitrogen and oxygen atoms in total. The van der Waals surface area contributed by atoms with Crippen LogP contribution < -0.4 is 4.83 Å². The number of nitrogens with one attached hydrogen (secondary N) is 1. The van der Waals surface area contributed by atoms with Gasteiger partial charge in [0.1, 0.15) is 0 Å². The highest BCUT2D eigenvalue weighted by Crippen LogP contribution is 2.22. The maximum Gasteiger partial charge on any atom is 0.276 e. The van der Waals surface area contributed by atoms with Crippen LogP contribution in [0, 0.1) is 6.92 Å². The first kappa shape index (κ1) is 17.0. The Morgan fingerprint density at radius 2 is 1.82 bits per heavy atom. The SMILES string of the molecule is CC(=NNS(=O)(=O)c1ccc(C)cc1)c1ccc(Br)cc1Cl. The van der Waals surface area contributed by atoms with E-state index in [1.807, 2.05) is 13.0 Å². The molecule has 0 aliphatic carbocycles. The highest BCUT2D eigenvalue weighted by molar-refractivity contribution is 9.10. The molecule has 0 spiro atoms. The van der Waals surface area contributed by atoms with E-state index in [2.05, 4.69) is 25.9 Å². The van der Waals surface area contributed by atoms with Crippen molar-refractivity contribution in [3.63, 3.8) is 0 Å². The lowest BCUT2D eigenvalue weighted by Gasteiger charge is -2.07. The largest absolute Gasteiger partial charge is 0.276 e. The summed E-state index contributed by atoms with van der Waals surface area (Å²) >= 11 is 9.44. The summed E-state index contributed by atoms with van der Waals surface area (Å²) in [5.74, 6) is 0. The fourth-order valence-corrected chi connectivity index (χ4v) is 3.41. The molecule has 0 unspecified atom stereocenters. The maximum absolute atomic E-state index is 12.2. The molecular weight excluding hydrogens is 388 g/mol. The molecule has 7 heteroatoms. The Hall–Kier alpha value is -1.37. The number of hydrogen-bond donors (Lipinski definition) is 1. The van der Waals surface area contributed by atoms with Gasteiger partial charge in [0, 0.05) is 10.0 Å². The van der Waals surface area contributed by atoms with Crippen LogP contribution in [-0.4, -0.2) is 14.1 Å². The molecule has 0 aromatic heterocycles. The molecule has 0 aliphatic rings. The van der Waals surface area contributed by atoms with E-state index in [4.69, 9.17) is 11.6 Å². The molecule has 0 fully saturated rings. The third-order valence-corrected chi connectivity index (χ3v) is 5.02. The van der Waals surface area contributed by atoms with Crippen molar-refractivity contribution in [2.45, 2.75) is 18.7 Å². The molecule has 0 saturated heterocycles. The van der Waals surface area contributed by atoms with Gasteiger partial charge >= 0.3 is 0 Å². The van der Waals surface area contributed by atoms with Gasteiger partial charge < -0.3 is 0 Å². The second-order valence-electron chi connectivity index (χ2n) is 4.73. The van der Waals surface area contributed by atoms with E-state index in [1.165, 1.54) is 12.1 Å². The van der Waals surface area contributed by atoms with Gasteiger partial charge in [0.25, 0.3) is 10.0 Å². The molecule has 2 rings (SSSR count). The Kier molecular flexibility index (Phi) is 5.26. The monoisotopic (exact) mass is 400 g/mol. The van der Waals surface area contributed by atoms with Crippen LogP contribution >= 0.6 is 27.5 Å². The highest BCUT2D eigenvalue weighted by atomic mass is 79.9. The molecule has 116 valence electrons. The van der Waals surface area contributed by atoms with Crippen LogP contribution in [0.25, 0.3) is 0 Å². The highest BCUT2D eigenvalue weighted by Gasteiger charge is 2.13. The molecule has 0 aliphatic heterocycles. The van der Waals surface area contributed by atoms with Gasteiger partial charge in [0.05, 0.1) is 15.6 Å². The third-order valence-electron chi connectivity index (χ3n) is 2.99. The van der Waals surface area contributed by atoms with E-state index in [-0.39, 0.29) is 4.90 Å². The summed E-state index contributed by atoms with van der Waals surface area (Å²) in [6.07, 6.45) is 0. The topological polar surface area (TPSA) is 58.5 Å². The second-order valence-corrected chi connectivity index (χ2v) is 7.71. The number of nitrogens with zero attached hydrogens (tertiary/aromatic N) is 1. The Labute approximate surface area is 143 Å². The van der Waals surface area contributed by atoms with E-state index in [0.29, 0.717) is 16.3 Å². The minimum atomic E-state index is -3.69.